The molecule has 4 heteroatoms. The summed E-state index contributed by atoms with van der Waals surface area (Å²) in [5.74, 6) is 4.61. The van der Waals surface area contributed by atoms with E-state index in [-0.39, 0.29) is 5.82 Å². The number of ether oxygens (including phenoxy) is 1. The molecular formula is C29H21F3O. The van der Waals surface area contributed by atoms with E-state index in [9.17, 15) is 13.2 Å². The highest BCUT2D eigenvalue weighted by atomic mass is 19.2. The van der Waals surface area contributed by atoms with Gasteiger partial charge in [-0.2, -0.15) is 0 Å². The second-order valence-electron chi connectivity index (χ2n) is 7.63. The number of hydrogen-bond acceptors (Lipinski definition) is 1. The highest BCUT2D eigenvalue weighted by Crippen LogP contribution is 2.20. The molecule has 0 radical (unpaired) electrons. The lowest BCUT2D eigenvalue weighted by Gasteiger charge is -2.07. The van der Waals surface area contributed by atoms with Gasteiger partial charge in [0.1, 0.15) is 18.2 Å². The Morgan fingerprint density at radius 2 is 1.39 bits per heavy atom. The molecule has 4 aromatic rings. The van der Waals surface area contributed by atoms with Crippen molar-refractivity contribution < 1.29 is 17.9 Å². The van der Waals surface area contributed by atoms with Crippen molar-refractivity contribution in [1.82, 2.24) is 0 Å². The van der Waals surface area contributed by atoms with E-state index in [0.717, 1.165) is 11.1 Å². The summed E-state index contributed by atoms with van der Waals surface area (Å²) in [7, 11) is 0. The summed E-state index contributed by atoms with van der Waals surface area (Å²) in [6.07, 6.45) is 2.89. The summed E-state index contributed by atoms with van der Waals surface area (Å²) < 4.78 is 46.5. The fraction of sp³-hybridized carbons (Fsp3) is 0.103. The molecule has 0 bridgehead atoms. The molecule has 33 heavy (non-hydrogen) atoms. The van der Waals surface area contributed by atoms with Crippen molar-refractivity contribution in [3.8, 4) is 17.6 Å². The molecule has 0 amide bonds. The summed E-state index contributed by atoms with van der Waals surface area (Å²) >= 11 is 0. The van der Waals surface area contributed by atoms with Crippen LogP contribution in [0.3, 0.4) is 0 Å². The second-order valence-corrected chi connectivity index (χ2v) is 7.63. The first-order valence-electron chi connectivity index (χ1n) is 10.5. The monoisotopic (exact) mass is 442 g/mol. The maximum absolute atomic E-state index is 14.3. The molecule has 0 N–H and O–H groups in total. The SMILES string of the molecule is C=CCOc1ccc(CCc2ccc(C#Cc3ccc4cc(F)c(F)cc4c3)cc2)c(F)c1. The zero-order valence-electron chi connectivity index (χ0n) is 17.9. The zero-order chi connectivity index (χ0) is 23.2. The molecule has 0 aliphatic rings. The van der Waals surface area contributed by atoms with Gasteiger partial charge in [-0.15, -0.1) is 0 Å². The van der Waals surface area contributed by atoms with Gasteiger partial charge in [-0.1, -0.05) is 48.8 Å². The molecule has 4 rings (SSSR count). The summed E-state index contributed by atoms with van der Waals surface area (Å²) in [5.41, 5.74) is 3.26. The maximum atomic E-state index is 14.3. The fourth-order valence-corrected chi connectivity index (χ4v) is 3.47. The van der Waals surface area contributed by atoms with Crippen molar-refractivity contribution in [2.75, 3.05) is 6.61 Å². The Morgan fingerprint density at radius 3 is 2.12 bits per heavy atom. The first-order chi connectivity index (χ1) is 16.0. The maximum Gasteiger partial charge on any atom is 0.159 e. The molecule has 0 aromatic heterocycles. The lowest BCUT2D eigenvalue weighted by atomic mass is 10.0. The molecule has 164 valence electrons. The molecule has 0 heterocycles. The highest BCUT2D eigenvalue weighted by Gasteiger charge is 2.06. The van der Waals surface area contributed by atoms with E-state index in [1.165, 1.54) is 18.2 Å². The van der Waals surface area contributed by atoms with Gasteiger partial charge >= 0.3 is 0 Å². The van der Waals surface area contributed by atoms with Crippen LogP contribution in [0.2, 0.25) is 0 Å². The van der Waals surface area contributed by atoms with Crippen LogP contribution < -0.4 is 4.74 Å². The Hall–Kier alpha value is -3.97. The van der Waals surface area contributed by atoms with E-state index in [2.05, 4.69) is 18.4 Å². The topological polar surface area (TPSA) is 9.23 Å². The van der Waals surface area contributed by atoms with Gasteiger partial charge in [0.2, 0.25) is 0 Å². The minimum atomic E-state index is -0.875. The Bertz CT molecular complexity index is 1360. The smallest absolute Gasteiger partial charge is 0.159 e. The van der Waals surface area contributed by atoms with Gasteiger partial charge in [0.25, 0.3) is 0 Å². The van der Waals surface area contributed by atoms with Crippen LogP contribution in [0.1, 0.15) is 22.3 Å². The van der Waals surface area contributed by atoms with Crippen molar-refractivity contribution in [1.29, 1.82) is 0 Å². The van der Waals surface area contributed by atoms with Crippen molar-refractivity contribution in [2.24, 2.45) is 0 Å². The number of hydrogen-bond donors (Lipinski definition) is 0. The van der Waals surface area contributed by atoms with Crippen LogP contribution in [-0.4, -0.2) is 6.61 Å². The Kier molecular flexibility index (Phi) is 6.80. The molecule has 0 saturated carbocycles. The average molecular weight is 442 g/mol. The van der Waals surface area contributed by atoms with Crippen molar-refractivity contribution in [3.63, 3.8) is 0 Å². The molecule has 0 aliphatic heterocycles. The van der Waals surface area contributed by atoms with E-state index < -0.39 is 11.6 Å². The molecule has 0 unspecified atom stereocenters. The van der Waals surface area contributed by atoms with Crippen LogP contribution in [-0.2, 0) is 12.8 Å². The highest BCUT2D eigenvalue weighted by molar-refractivity contribution is 5.84. The second kappa shape index (κ2) is 10.1. The van der Waals surface area contributed by atoms with E-state index in [1.807, 2.05) is 24.3 Å². The third kappa shape index (κ3) is 5.64. The van der Waals surface area contributed by atoms with Gasteiger partial charge < -0.3 is 4.74 Å². The first-order valence-corrected chi connectivity index (χ1v) is 10.5. The molecule has 0 saturated heterocycles. The van der Waals surface area contributed by atoms with Gasteiger partial charge in [0.15, 0.2) is 11.6 Å². The lowest BCUT2D eigenvalue weighted by molar-refractivity contribution is 0.360. The molecular weight excluding hydrogens is 421 g/mol. The van der Waals surface area contributed by atoms with Gasteiger partial charge in [-0.25, -0.2) is 13.2 Å². The first kappa shape index (κ1) is 22.2. The summed E-state index contributed by atoms with van der Waals surface area (Å²) in [6.45, 7) is 3.92. The predicted octanol–water partition coefficient (Wildman–Crippen LogP) is 7.01. The number of rotatable bonds is 6. The van der Waals surface area contributed by atoms with Crippen LogP contribution in [0.4, 0.5) is 13.2 Å². The van der Waals surface area contributed by atoms with Crippen LogP contribution in [0.25, 0.3) is 10.8 Å². The van der Waals surface area contributed by atoms with Crippen LogP contribution in [0.5, 0.6) is 5.75 Å². The van der Waals surface area contributed by atoms with Crippen LogP contribution in [0.15, 0.2) is 85.5 Å². The van der Waals surface area contributed by atoms with Crippen molar-refractivity contribution in [3.05, 3.63) is 125 Å². The largest absolute Gasteiger partial charge is 0.489 e. The number of halogens is 3. The Morgan fingerprint density at radius 1 is 0.697 bits per heavy atom. The van der Waals surface area contributed by atoms with E-state index in [1.54, 1.807) is 36.4 Å². The summed E-state index contributed by atoms with van der Waals surface area (Å²) in [6, 6.07) is 20.3. The average Bonchev–Trinajstić information content (AvgIpc) is 2.82. The molecule has 0 atom stereocenters. The van der Waals surface area contributed by atoms with Crippen molar-refractivity contribution >= 4 is 10.8 Å². The minimum Gasteiger partial charge on any atom is -0.489 e. The van der Waals surface area contributed by atoms with Crippen LogP contribution >= 0.6 is 0 Å². The normalized spacial score (nSPS) is 10.5. The zero-order valence-corrected chi connectivity index (χ0v) is 17.9. The molecule has 0 spiro atoms. The van der Waals surface area contributed by atoms with E-state index in [0.29, 0.717) is 47.1 Å². The number of benzene rings is 4. The predicted molar refractivity (Wildman–Crippen MR) is 126 cm³/mol. The number of fused-ring (bicyclic) bond motifs is 1. The molecule has 0 fully saturated rings. The number of aryl methyl sites for hydroxylation is 2. The lowest BCUT2D eigenvalue weighted by Crippen LogP contribution is -1.98. The van der Waals surface area contributed by atoms with Crippen molar-refractivity contribution in [2.45, 2.75) is 12.8 Å². The Balaban J connectivity index is 1.40. The Labute approximate surface area is 191 Å². The molecule has 1 nitrogen and oxygen atoms in total. The van der Waals surface area contributed by atoms with Gasteiger partial charge in [-0.3, -0.25) is 0 Å². The van der Waals surface area contributed by atoms with E-state index in [4.69, 9.17) is 4.74 Å². The van der Waals surface area contributed by atoms with Crippen LogP contribution in [0, 0.1) is 29.3 Å². The fourth-order valence-electron chi connectivity index (χ4n) is 3.47. The summed E-state index contributed by atoms with van der Waals surface area (Å²) in [4.78, 5) is 0. The third-order valence-corrected chi connectivity index (χ3v) is 5.26. The minimum absolute atomic E-state index is 0.281. The molecule has 0 aliphatic carbocycles. The standard InChI is InChI=1S/C29H21F3O/c1-2-15-33-26-14-13-23(27(30)19-26)11-9-21-5-3-20(4-6-21)7-8-22-10-12-24-17-28(31)29(32)18-25(24)16-22/h2-6,10,12-14,16-19H,1,9,11,15H2. The van der Waals surface area contributed by atoms with Gasteiger partial charge in [0, 0.05) is 17.2 Å². The summed E-state index contributed by atoms with van der Waals surface area (Å²) in [5, 5.41) is 1.22. The van der Waals surface area contributed by atoms with Gasteiger partial charge in [-0.05, 0) is 77.2 Å². The quantitative estimate of drug-likeness (QED) is 0.231. The van der Waals surface area contributed by atoms with E-state index >= 15 is 0 Å². The van der Waals surface area contributed by atoms with Gasteiger partial charge in [0.05, 0.1) is 0 Å². The molecule has 4 aromatic carbocycles. The third-order valence-electron chi connectivity index (χ3n) is 5.26.